The highest BCUT2D eigenvalue weighted by atomic mass is 16.3. The summed E-state index contributed by atoms with van der Waals surface area (Å²) >= 11 is 0. The Hall–Kier alpha value is -1.54. The summed E-state index contributed by atoms with van der Waals surface area (Å²) in [4.78, 5) is 0. The maximum absolute atomic E-state index is 5.88. The number of furan rings is 1. The minimum atomic E-state index is 0.796. The number of benzene rings is 1. The SMILES string of the molecule is CCNCc1ccc(-c2ccc(CC)c(CC)c2)o1. The Kier molecular flexibility index (Phi) is 4.80. The molecule has 0 radical (unpaired) electrons. The molecule has 1 heterocycles. The fourth-order valence-electron chi connectivity index (χ4n) is 2.33. The lowest BCUT2D eigenvalue weighted by molar-refractivity contribution is 0.498. The first kappa shape index (κ1) is 13.9. The number of aryl methyl sites for hydroxylation is 2. The van der Waals surface area contributed by atoms with Crippen LogP contribution in [0.2, 0.25) is 0 Å². The standard InChI is InChI=1S/C17H23NO/c1-4-13-7-8-15(11-14(13)5-2)17-10-9-16(19-17)12-18-6-3/h7-11,18H,4-6,12H2,1-3H3. The van der Waals surface area contributed by atoms with E-state index in [0.717, 1.165) is 37.5 Å². The van der Waals surface area contributed by atoms with Crippen LogP contribution < -0.4 is 5.32 Å². The monoisotopic (exact) mass is 257 g/mol. The third-order valence-electron chi connectivity index (χ3n) is 3.46. The zero-order chi connectivity index (χ0) is 13.7. The average molecular weight is 257 g/mol. The van der Waals surface area contributed by atoms with Crippen molar-refractivity contribution in [1.29, 1.82) is 0 Å². The van der Waals surface area contributed by atoms with Crippen molar-refractivity contribution in [2.24, 2.45) is 0 Å². The maximum Gasteiger partial charge on any atom is 0.134 e. The van der Waals surface area contributed by atoms with Crippen LogP contribution in [0.4, 0.5) is 0 Å². The van der Waals surface area contributed by atoms with Gasteiger partial charge in [-0.05, 0) is 48.7 Å². The summed E-state index contributed by atoms with van der Waals surface area (Å²) in [5.41, 5.74) is 4.03. The van der Waals surface area contributed by atoms with Crippen molar-refractivity contribution in [2.75, 3.05) is 6.54 Å². The van der Waals surface area contributed by atoms with Crippen LogP contribution >= 0.6 is 0 Å². The van der Waals surface area contributed by atoms with Crippen molar-refractivity contribution < 1.29 is 4.42 Å². The molecule has 1 N–H and O–H groups in total. The van der Waals surface area contributed by atoms with Gasteiger partial charge >= 0.3 is 0 Å². The third-order valence-corrected chi connectivity index (χ3v) is 3.46. The highest BCUT2D eigenvalue weighted by Crippen LogP contribution is 2.25. The van der Waals surface area contributed by atoms with E-state index >= 15 is 0 Å². The molecule has 19 heavy (non-hydrogen) atoms. The lowest BCUT2D eigenvalue weighted by Crippen LogP contribution is -2.10. The Morgan fingerprint density at radius 3 is 2.42 bits per heavy atom. The summed E-state index contributed by atoms with van der Waals surface area (Å²) in [6, 6.07) is 10.8. The Bertz CT molecular complexity index is 528. The van der Waals surface area contributed by atoms with Gasteiger partial charge in [0.15, 0.2) is 0 Å². The van der Waals surface area contributed by atoms with Gasteiger partial charge in [-0.3, -0.25) is 0 Å². The smallest absolute Gasteiger partial charge is 0.134 e. The molecule has 0 saturated carbocycles. The van der Waals surface area contributed by atoms with Gasteiger partial charge in [-0.1, -0.05) is 32.9 Å². The molecule has 0 aliphatic carbocycles. The van der Waals surface area contributed by atoms with Crippen LogP contribution in [-0.2, 0) is 19.4 Å². The molecule has 2 aromatic rings. The van der Waals surface area contributed by atoms with Crippen molar-refractivity contribution in [3.05, 3.63) is 47.2 Å². The largest absolute Gasteiger partial charge is 0.460 e. The minimum Gasteiger partial charge on any atom is -0.460 e. The van der Waals surface area contributed by atoms with E-state index in [0.29, 0.717) is 0 Å². The molecule has 0 aliphatic heterocycles. The molecule has 2 nitrogen and oxygen atoms in total. The van der Waals surface area contributed by atoms with Crippen LogP contribution in [0.5, 0.6) is 0 Å². The molecule has 0 unspecified atom stereocenters. The zero-order valence-electron chi connectivity index (χ0n) is 12.1. The van der Waals surface area contributed by atoms with Crippen LogP contribution in [0.25, 0.3) is 11.3 Å². The number of nitrogens with one attached hydrogen (secondary N) is 1. The van der Waals surface area contributed by atoms with Gasteiger partial charge in [-0.25, -0.2) is 0 Å². The molecule has 2 heteroatoms. The molecule has 0 atom stereocenters. The van der Waals surface area contributed by atoms with E-state index in [1.807, 2.05) is 0 Å². The van der Waals surface area contributed by atoms with Crippen LogP contribution in [0, 0.1) is 0 Å². The lowest BCUT2D eigenvalue weighted by Gasteiger charge is -2.07. The van der Waals surface area contributed by atoms with Crippen molar-refractivity contribution in [3.63, 3.8) is 0 Å². The second-order valence-corrected chi connectivity index (χ2v) is 4.74. The van der Waals surface area contributed by atoms with Crippen molar-refractivity contribution >= 4 is 0 Å². The summed E-state index contributed by atoms with van der Waals surface area (Å²) in [7, 11) is 0. The molecule has 0 saturated heterocycles. The summed E-state index contributed by atoms with van der Waals surface area (Å²) in [5, 5.41) is 3.28. The maximum atomic E-state index is 5.88. The molecule has 102 valence electrons. The zero-order valence-corrected chi connectivity index (χ0v) is 12.1. The summed E-state index contributed by atoms with van der Waals surface area (Å²) in [5.74, 6) is 1.96. The van der Waals surface area contributed by atoms with E-state index in [4.69, 9.17) is 4.42 Å². The average Bonchev–Trinajstić information content (AvgIpc) is 2.93. The van der Waals surface area contributed by atoms with Crippen LogP contribution in [0.15, 0.2) is 34.7 Å². The van der Waals surface area contributed by atoms with Gasteiger partial charge < -0.3 is 9.73 Å². The van der Waals surface area contributed by atoms with Gasteiger partial charge in [-0.15, -0.1) is 0 Å². The molecule has 2 rings (SSSR count). The van der Waals surface area contributed by atoms with Crippen LogP contribution in [0.1, 0.15) is 37.7 Å². The second kappa shape index (κ2) is 6.58. The number of rotatable bonds is 6. The van der Waals surface area contributed by atoms with Gasteiger partial charge in [0.1, 0.15) is 11.5 Å². The molecular weight excluding hydrogens is 234 g/mol. The van der Waals surface area contributed by atoms with E-state index < -0.39 is 0 Å². The minimum absolute atomic E-state index is 0.796. The second-order valence-electron chi connectivity index (χ2n) is 4.74. The van der Waals surface area contributed by atoms with Crippen molar-refractivity contribution in [3.8, 4) is 11.3 Å². The normalized spacial score (nSPS) is 10.9. The highest BCUT2D eigenvalue weighted by Gasteiger charge is 2.07. The molecule has 0 fully saturated rings. The van der Waals surface area contributed by atoms with E-state index in [-0.39, 0.29) is 0 Å². The fourth-order valence-corrected chi connectivity index (χ4v) is 2.33. The topological polar surface area (TPSA) is 25.2 Å². The molecule has 1 aromatic carbocycles. The predicted molar refractivity (Wildman–Crippen MR) is 80.3 cm³/mol. The van der Waals surface area contributed by atoms with Gasteiger partial charge in [-0.2, -0.15) is 0 Å². The Labute approximate surface area is 115 Å². The van der Waals surface area contributed by atoms with Crippen LogP contribution in [0.3, 0.4) is 0 Å². The van der Waals surface area contributed by atoms with Crippen molar-refractivity contribution in [1.82, 2.24) is 5.32 Å². The van der Waals surface area contributed by atoms with Gasteiger partial charge in [0.25, 0.3) is 0 Å². The predicted octanol–water partition coefficient (Wildman–Crippen LogP) is 4.18. The molecule has 0 bridgehead atoms. The molecule has 0 amide bonds. The number of hydrogen-bond acceptors (Lipinski definition) is 2. The fraction of sp³-hybridized carbons (Fsp3) is 0.412. The summed E-state index contributed by atoms with van der Waals surface area (Å²) < 4.78 is 5.88. The van der Waals surface area contributed by atoms with Gasteiger partial charge in [0, 0.05) is 5.56 Å². The van der Waals surface area contributed by atoms with Gasteiger partial charge in [0.05, 0.1) is 6.54 Å². The quantitative estimate of drug-likeness (QED) is 0.839. The highest BCUT2D eigenvalue weighted by molar-refractivity contribution is 5.59. The Morgan fingerprint density at radius 1 is 0.947 bits per heavy atom. The first-order chi connectivity index (χ1) is 9.28. The number of hydrogen-bond donors (Lipinski definition) is 1. The Balaban J connectivity index is 2.23. The van der Waals surface area contributed by atoms with E-state index in [1.165, 1.54) is 16.7 Å². The third kappa shape index (κ3) is 3.27. The molecule has 0 aliphatic rings. The summed E-state index contributed by atoms with van der Waals surface area (Å²) in [6.07, 6.45) is 2.16. The van der Waals surface area contributed by atoms with Gasteiger partial charge in [0.2, 0.25) is 0 Å². The molecular formula is C17H23NO. The van der Waals surface area contributed by atoms with E-state index in [1.54, 1.807) is 0 Å². The lowest BCUT2D eigenvalue weighted by atomic mass is 9.99. The summed E-state index contributed by atoms with van der Waals surface area (Å²) in [6.45, 7) is 8.26. The first-order valence-electron chi connectivity index (χ1n) is 7.20. The van der Waals surface area contributed by atoms with E-state index in [2.05, 4.69) is 56.4 Å². The Morgan fingerprint density at radius 2 is 1.74 bits per heavy atom. The van der Waals surface area contributed by atoms with E-state index in [9.17, 15) is 0 Å². The first-order valence-corrected chi connectivity index (χ1v) is 7.20. The molecule has 0 spiro atoms. The van der Waals surface area contributed by atoms with Crippen LogP contribution in [-0.4, -0.2) is 6.54 Å². The molecule has 1 aromatic heterocycles. The van der Waals surface area contributed by atoms with Crippen molar-refractivity contribution in [2.45, 2.75) is 40.2 Å².